The van der Waals surface area contributed by atoms with Crippen LogP contribution in [0.15, 0.2) is 49.1 Å². The first-order chi connectivity index (χ1) is 11.1. The van der Waals surface area contributed by atoms with Crippen LogP contribution in [0.25, 0.3) is 5.82 Å². The second kappa shape index (κ2) is 6.64. The lowest BCUT2D eigenvalue weighted by Gasteiger charge is -2.08. The molecule has 2 aromatic heterocycles. The van der Waals surface area contributed by atoms with Crippen LogP contribution in [0.1, 0.15) is 0 Å². The summed E-state index contributed by atoms with van der Waals surface area (Å²) in [5.41, 5.74) is 0.473. The number of urea groups is 1. The van der Waals surface area contributed by atoms with Crippen LogP contribution in [-0.4, -0.2) is 25.8 Å². The molecule has 2 N–H and O–H groups in total. The molecule has 116 valence electrons. The maximum atomic E-state index is 12.0. The van der Waals surface area contributed by atoms with Crippen molar-refractivity contribution in [1.82, 2.24) is 19.7 Å². The van der Waals surface area contributed by atoms with Crippen molar-refractivity contribution >= 4 is 40.7 Å². The van der Waals surface area contributed by atoms with Crippen molar-refractivity contribution < 1.29 is 4.79 Å². The summed E-state index contributed by atoms with van der Waals surface area (Å²) in [5, 5.41) is 10.1. The summed E-state index contributed by atoms with van der Waals surface area (Å²) < 4.78 is 1.56. The van der Waals surface area contributed by atoms with E-state index in [0.717, 1.165) is 0 Å². The summed E-state index contributed by atoms with van der Waals surface area (Å²) in [5.74, 6) is 0.863. The second-order valence-corrected chi connectivity index (χ2v) is 5.32. The van der Waals surface area contributed by atoms with Crippen molar-refractivity contribution in [3.63, 3.8) is 0 Å². The van der Waals surface area contributed by atoms with Gasteiger partial charge in [-0.05, 0) is 24.3 Å². The highest BCUT2D eigenvalue weighted by Crippen LogP contribution is 2.22. The van der Waals surface area contributed by atoms with Crippen LogP contribution in [0.4, 0.5) is 16.3 Å². The van der Waals surface area contributed by atoms with Crippen LogP contribution in [0.2, 0.25) is 10.0 Å². The molecule has 0 unspecified atom stereocenters. The molecule has 0 aliphatic rings. The third kappa shape index (κ3) is 3.97. The highest BCUT2D eigenvalue weighted by molar-refractivity contribution is 6.35. The summed E-state index contributed by atoms with van der Waals surface area (Å²) in [6.07, 6.45) is 4.70. The molecule has 2 heterocycles. The van der Waals surface area contributed by atoms with Crippen molar-refractivity contribution in [2.45, 2.75) is 0 Å². The predicted molar refractivity (Wildman–Crippen MR) is 88.3 cm³/mol. The number of rotatable bonds is 3. The fraction of sp³-hybridized carbons (Fsp3) is 0. The number of hydrogen-bond acceptors (Lipinski definition) is 4. The number of benzene rings is 1. The van der Waals surface area contributed by atoms with Gasteiger partial charge >= 0.3 is 6.03 Å². The molecule has 3 rings (SSSR count). The van der Waals surface area contributed by atoms with E-state index in [2.05, 4.69) is 25.7 Å². The molecular formula is C14H10Cl2N6O. The van der Waals surface area contributed by atoms with Gasteiger partial charge in [-0.1, -0.05) is 23.2 Å². The number of aromatic nitrogens is 4. The van der Waals surface area contributed by atoms with Gasteiger partial charge in [-0.15, -0.1) is 0 Å². The van der Waals surface area contributed by atoms with Crippen molar-refractivity contribution in [2.24, 2.45) is 0 Å². The first-order valence-electron chi connectivity index (χ1n) is 6.46. The van der Waals surface area contributed by atoms with Gasteiger partial charge in [0.15, 0.2) is 5.82 Å². The van der Waals surface area contributed by atoms with Gasteiger partial charge in [0.05, 0.1) is 0 Å². The zero-order chi connectivity index (χ0) is 16.2. The third-order valence-corrected chi connectivity index (χ3v) is 3.19. The van der Waals surface area contributed by atoms with E-state index in [1.807, 2.05) is 0 Å². The average Bonchev–Trinajstić information content (AvgIpc) is 3.00. The summed E-state index contributed by atoms with van der Waals surface area (Å²) in [7, 11) is 0. The number of anilines is 2. The second-order valence-electron chi connectivity index (χ2n) is 4.45. The lowest BCUT2D eigenvalue weighted by molar-refractivity contribution is 0.262. The highest BCUT2D eigenvalue weighted by atomic mass is 35.5. The first kappa shape index (κ1) is 15.3. The van der Waals surface area contributed by atoms with Crippen molar-refractivity contribution in [3.05, 3.63) is 59.1 Å². The Morgan fingerprint density at radius 2 is 1.83 bits per heavy atom. The smallest absolute Gasteiger partial charge is 0.308 e. The molecule has 0 atom stereocenters. The molecular weight excluding hydrogens is 339 g/mol. The lowest BCUT2D eigenvalue weighted by Crippen LogP contribution is -2.20. The maximum Gasteiger partial charge on any atom is 0.324 e. The molecule has 2 amide bonds. The molecule has 0 aliphatic heterocycles. The Bertz CT molecular complexity index is 817. The van der Waals surface area contributed by atoms with E-state index in [9.17, 15) is 4.79 Å². The van der Waals surface area contributed by atoms with E-state index in [1.165, 1.54) is 6.33 Å². The molecule has 0 bridgehead atoms. The van der Waals surface area contributed by atoms with Gasteiger partial charge in [0.25, 0.3) is 0 Å². The number of halogens is 2. The molecule has 7 nitrogen and oxygen atoms in total. The normalized spacial score (nSPS) is 10.3. The Morgan fingerprint density at radius 3 is 2.52 bits per heavy atom. The van der Waals surface area contributed by atoms with Crippen LogP contribution in [0.5, 0.6) is 0 Å². The van der Waals surface area contributed by atoms with Gasteiger partial charge in [0.2, 0.25) is 0 Å². The molecule has 0 spiro atoms. The minimum atomic E-state index is -0.478. The average molecular weight is 349 g/mol. The third-order valence-electron chi connectivity index (χ3n) is 2.75. The fourth-order valence-electron chi connectivity index (χ4n) is 1.85. The molecule has 0 radical (unpaired) electrons. The zero-order valence-electron chi connectivity index (χ0n) is 11.6. The van der Waals surface area contributed by atoms with Crippen molar-refractivity contribution in [1.29, 1.82) is 0 Å². The van der Waals surface area contributed by atoms with Gasteiger partial charge in [-0.3, -0.25) is 5.32 Å². The minimum absolute atomic E-state index is 0.330. The minimum Gasteiger partial charge on any atom is -0.308 e. The van der Waals surface area contributed by atoms with Crippen molar-refractivity contribution in [3.8, 4) is 5.82 Å². The topological polar surface area (TPSA) is 84.7 Å². The summed E-state index contributed by atoms with van der Waals surface area (Å²) in [4.78, 5) is 20.1. The monoisotopic (exact) mass is 348 g/mol. The Morgan fingerprint density at radius 1 is 1.04 bits per heavy atom. The molecule has 3 aromatic rings. The quantitative estimate of drug-likeness (QED) is 0.756. The largest absolute Gasteiger partial charge is 0.324 e. The number of carbonyl (C=O) groups excluding carboxylic acids is 1. The zero-order valence-corrected chi connectivity index (χ0v) is 13.1. The number of hydrogen-bond donors (Lipinski definition) is 2. The van der Waals surface area contributed by atoms with Crippen LogP contribution in [0, 0.1) is 0 Å². The molecule has 0 saturated carbocycles. The number of nitrogens with one attached hydrogen (secondary N) is 2. The fourth-order valence-corrected chi connectivity index (χ4v) is 2.38. The molecule has 1 aromatic carbocycles. The Hall–Kier alpha value is -2.64. The van der Waals surface area contributed by atoms with E-state index in [-0.39, 0.29) is 0 Å². The molecule has 23 heavy (non-hydrogen) atoms. The standard InChI is InChI=1S/C14H10Cl2N6O/c15-9-4-10(16)6-11(5-9)20-14(23)21-12-7-13(18-8-17-12)22-3-1-2-19-22/h1-8H,(H2,17,18,20,21,23). The first-order valence-corrected chi connectivity index (χ1v) is 7.22. The highest BCUT2D eigenvalue weighted by Gasteiger charge is 2.07. The van der Waals surface area contributed by atoms with E-state index >= 15 is 0 Å². The van der Waals surface area contributed by atoms with Gasteiger partial charge in [0.1, 0.15) is 12.1 Å². The number of amides is 2. The van der Waals surface area contributed by atoms with Gasteiger partial charge in [-0.2, -0.15) is 5.10 Å². The Balaban J connectivity index is 1.71. The molecule has 0 saturated heterocycles. The SMILES string of the molecule is O=C(Nc1cc(Cl)cc(Cl)c1)Nc1cc(-n2cccn2)ncn1. The van der Waals surface area contributed by atoms with Gasteiger partial charge in [0, 0.05) is 34.2 Å². The maximum absolute atomic E-state index is 12.0. The van der Waals surface area contributed by atoms with Crippen molar-refractivity contribution in [2.75, 3.05) is 10.6 Å². The van der Waals surface area contributed by atoms with Crippen LogP contribution in [-0.2, 0) is 0 Å². The summed E-state index contributed by atoms with van der Waals surface area (Å²) in [6.45, 7) is 0. The van der Waals surface area contributed by atoms with E-state index in [1.54, 1.807) is 47.4 Å². The Labute approximate surface area is 141 Å². The number of nitrogens with zero attached hydrogens (tertiary/aromatic N) is 4. The van der Waals surface area contributed by atoms with Crippen LogP contribution >= 0.6 is 23.2 Å². The van der Waals surface area contributed by atoms with E-state index < -0.39 is 6.03 Å². The van der Waals surface area contributed by atoms with E-state index in [4.69, 9.17) is 23.2 Å². The lowest BCUT2D eigenvalue weighted by atomic mass is 10.3. The summed E-state index contributed by atoms with van der Waals surface area (Å²) in [6, 6.07) is 7.63. The van der Waals surface area contributed by atoms with Crippen LogP contribution < -0.4 is 10.6 Å². The molecule has 9 heteroatoms. The molecule has 0 aliphatic carbocycles. The molecule has 0 fully saturated rings. The van der Waals surface area contributed by atoms with Gasteiger partial charge < -0.3 is 5.32 Å². The van der Waals surface area contributed by atoms with Gasteiger partial charge in [-0.25, -0.2) is 19.4 Å². The number of carbonyl (C=O) groups is 1. The van der Waals surface area contributed by atoms with Crippen LogP contribution in [0.3, 0.4) is 0 Å². The van der Waals surface area contributed by atoms with E-state index in [0.29, 0.717) is 27.4 Å². The Kier molecular flexibility index (Phi) is 4.40. The summed E-state index contributed by atoms with van der Waals surface area (Å²) >= 11 is 11.8. The predicted octanol–water partition coefficient (Wildman–Crippen LogP) is 3.61.